The number of carbonyl (C=O) groups is 5. The summed E-state index contributed by atoms with van der Waals surface area (Å²) in [5.41, 5.74) is 5.50. The van der Waals surface area contributed by atoms with Gasteiger partial charge in [-0.25, -0.2) is 4.79 Å². The van der Waals surface area contributed by atoms with E-state index >= 15 is 0 Å². The van der Waals surface area contributed by atoms with Crippen LogP contribution < -0.4 is 16.4 Å². The lowest BCUT2D eigenvalue weighted by Gasteiger charge is -2.29. The first kappa shape index (κ1) is 24.3. The first-order chi connectivity index (χ1) is 13.5. The molecule has 0 radical (unpaired) electrons. The molecule has 0 aliphatic carbocycles. The molecular formula is C16H26N4O9. The molecule has 0 spiro atoms. The second-order valence-corrected chi connectivity index (χ2v) is 6.70. The van der Waals surface area contributed by atoms with Crippen LogP contribution in [0.3, 0.4) is 0 Å². The average molecular weight is 418 g/mol. The number of hydrogen-bond donors (Lipinski definition) is 7. The van der Waals surface area contributed by atoms with Gasteiger partial charge in [0.05, 0.1) is 19.1 Å². The van der Waals surface area contributed by atoms with E-state index in [1.54, 1.807) is 0 Å². The highest BCUT2D eigenvalue weighted by Gasteiger charge is 2.38. The lowest BCUT2D eigenvalue weighted by Crippen LogP contribution is -2.59. The molecule has 13 heteroatoms. The van der Waals surface area contributed by atoms with E-state index in [1.165, 1.54) is 6.92 Å². The lowest BCUT2D eigenvalue weighted by atomic mass is 10.1. The molecule has 3 amide bonds. The number of hydrogen-bond acceptors (Lipinski definition) is 8. The van der Waals surface area contributed by atoms with Crippen LogP contribution in [0.15, 0.2) is 0 Å². The van der Waals surface area contributed by atoms with Crippen molar-refractivity contribution in [1.82, 2.24) is 15.5 Å². The third-order valence-electron chi connectivity index (χ3n) is 4.41. The van der Waals surface area contributed by atoms with E-state index in [0.29, 0.717) is 6.42 Å². The summed E-state index contributed by atoms with van der Waals surface area (Å²) in [6, 6.07) is -5.53. The monoisotopic (exact) mass is 418 g/mol. The Morgan fingerprint density at radius 2 is 1.79 bits per heavy atom. The highest BCUT2D eigenvalue weighted by atomic mass is 16.4. The van der Waals surface area contributed by atoms with Crippen molar-refractivity contribution in [1.29, 1.82) is 0 Å². The fourth-order valence-electron chi connectivity index (χ4n) is 2.89. The molecule has 0 unspecified atom stereocenters. The van der Waals surface area contributed by atoms with E-state index in [-0.39, 0.29) is 13.0 Å². The number of nitrogens with zero attached hydrogens (tertiary/aromatic N) is 1. The Labute approximate surface area is 165 Å². The minimum absolute atomic E-state index is 0.218. The number of aliphatic hydroxyl groups is 2. The molecule has 1 heterocycles. The normalized spacial score (nSPS) is 20.3. The van der Waals surface area contributed by atoms with Gasteiger partial charge < -0.3 is 41.7 Å². The van der Waals surface area contributed by atoms with E-state index in [9.17, 15) is 29.1 Å². The maximum Gasteiger partial charge on any atom is 0.326 e. The summed E-state index contributed by atoms with van der Waals surface area (Å²) >= 11 is 0. The molecule has 1 aliphatic heterocycles. The molecule has 0 saturated carbocycles. The number of aliphatic hydroxyl groups excluding tert-OH is 2. The van der Waals surface area contributed by atoms with Crippen LogP contribution in [-0.4, -0.2) is 98.4 Å². The van der Waals surface area contributed by atoms with Crippen LogP contribution in [0.1, 0.15) is 26.2 Å². The molecule has 29 heavy (non-hydrogen) atoms. The second-order valence-electron chi connectivity index (χ2n) is 6.70. The predicted octanol–water partition coefficient (Wildman–Crippen LogP) is -3.79. The van der Waals surface area contributed by atoms with Crippen LogP contribution >= 0.6 is 0 Å². The maximum atomic E-state index is 12.6. The Morgan fingerprint density at radius 3 is 2.28 bits per heavy atom. The maximum absolute atomic E-state index is 12.6. The Morgan fingerprint density at radius 1 is 1.17 bits per heavy atom. The molecule has 5 atom stereocenters. The van der Waals surface area contributed by atoms with Crippen molar-refractivity contribution in [3.8, 4) is 0 Å². The summed E-state index contributed by atoms with van der Waals surface area (Å²) in [4.78, 5) is 60.1. The van der Waals surface area contributed by atoms with Gasteiger partial charge in [0.1, 0.15) is 24.2 Å². The van der Waals surface area contributed by atoms with Crippen LogP contribution in [0.2, 0.25) is 0 Å². The van der Waals surface area contributed by atoms with E-state index in [4.69, 9.17) is 21.1 Å². The van der Waals surface area contributed by atoms with Crippen LogP contribution in [0.4, 0.5) is 0 Å². The van der Waals surface area contributed by atoms with Crippen LogP contribution in [0.25, 0.3) is 0 Å². The van der Waals surface area contributed by atoms with E-state index < -0.39 is 73.0 Å². The van der Waals surface area contributed by atoms with Crippen LogP contribution in [0.5, 0.6) is 0 Å². The van der Waals surface area contributed by atoms with Gasteiger partial charge in [0.2, 0.25) is 17.7 Å². The van der Waals surface area contributed by atoms with Crippen molar-refractivity contribution < 1.29 is 44.4 Å². The topological polar surface area (TPSA) is 220 Å². The SMILES string of the molecule is C[C@@H](O)[C@H](NC(=O)[C@@H]1CCCN1C(=O)[C@@H](N)CO)C(=O)N[C@@H](CC(=O)O)C(=O)O. The van der Waals surface area contributed by atoms with Gasteiger partial charge in [-0.05, 0) is 19.8 Å². The Bertz CT molecular complexity index is 654. The highest BCUT2D eigenvalue weighted by Crippen LogP contribution is 2.18. The first-order valence-electron chi connectivity index (χ1n) is 8.89. The van der Waals surface area contributed by atoms with Crippen molar-refractivity contribution in [2.75, 3.05) is 13.2 Å². The van der Waals surface area contributed by atoms with E-state index in [2.05, 4.69) is 5.32 Å². The van der Waals surface area contributed by atoms with Gasteiger partial charge in [0, 0.05) is 6.54 Å². The van der Waals surface area contributed by atoms with Gasteiger partial charge in [-0.1, -0.05) is 0 Å². The van der Waals surface area contributed by atoms with Crippen molar-refractivity contribution in [2.45, 2.75) is 56.5 Å². The van der Waals surface area contributed by atoms with Crippen molar-refractivity contribution >= 4 is 29.7 Å². The number of nitrogens with one attached hydrogen (secondary N) is 2. The first-order valence-corrected chi connectivity index (χ1v) is 8.89. The number of carbonyl (C=O) groups excluding carboxylic acids is 3. The summed E-state index contributed by atoms with van der Waals surface area (Å²) < 4.78 is 0. The standard InChI is InChI=1S/C16H26N4O9/c1-7(22)12(14(26)18-9(16(28)29)5-11(23)24)19-13(25)10-3-2-4-20(10)15(27)8(17)6-21/h7-10,12,21-22H,2-6,17H2,1H3,(H,18,26)(H,19,25)(H,23,24)(H,28,29)/t7-,8+,9+,10+,12+/m1/s1. The van der Waals surface area contributed by atoms with Crippen LogP contribution in [-0.2, 0) is 24.0 Å². The van der Waals surface area contributed by atoms with Crippen molar-refractivity contribution in [3.05, 3.63) is 0 Å². The zero-order chi connectivity index (χ0) is 22.3. The largest absolute Gasteiger partial charge is 0.481 e. The molecule has 0 aromatic heterocycles. The minimum Gasteiger partial charge on any atom is -0.481 e. The summed E-state index contributed by atoms with van der Waals surface area (Å²) in [6.07, 6.45) is -1.59. The lowest BCUT2D eigenvalue weighted by molar-refractivity contribution is -0.148. The molecule has 0 aromatic carbocycles. The number of carboxylic acids is 2. The van der Waals surface area contributed by atoms with Crippen molar-refractivity contribution in [3.63, 3.8) is 0 Å². The predicted molar refractivity (Wildman–Crippen MR) is 95.2 cm³/mol. The zero-order valence-corrected chi connectivity index (χ0v) is 15.8. The van der Waals surface area contributed by atoms with E-state index in [1.807, 2.05) is 5.32 Å². The number of carboxylic acid groups (broad SMARTS) is 2. The summed E-state index contributed by atoms with van der Waals surface area (Å²) in [6.45, 7) is 0.787. The average Bonchev–Trinajstić information content (AvgIpc) is 3.12. The molecule has 0 bridgehead atoms. The third kappa shape index (κ3) is 6.66. The molecule has 1 fully saturated rings. The number of likely N-dealkylation sites (tertiary alicyclic amines) is 1. The molecule has 13 nitrogen and oxygen atoms in total. The van der Waals surface area contributed by atoms with Gasteiger partial charge in [-0.2, -0.15) is 0 Å². The summed E-state index contributed by atoms with van der Waals surface area (Å²) in [5.74, 6) is -5.56. The van der Waals surface area contributed by atoms with Crippen molar-refractivity contribution in [2.24, 2.45) is 5.73 Å². The molecule has 1 saturated heterocycles. The zero-order valence-electron chi connectivity index (χ0n) is 15.8. The molecular weight excluding hydrogens is 392 g/mol. The van der Waals surface area contributed by atoms with Gasteiger partial charge >= 0.3 is 11.9 Å². The number of rotatable bonds is 10. The summed E-state index contributed by atoms with van der Waals surface area (Å²) in [5, 5.41) is 40.8. The Kier molecular flexibility index (Phi) is 8.94. The number of nitrogens with two attached hydrogens (primary N) is 1. The number of amides is 3. The molecule has 1 rings (SSSR count). The quantitative estimate of drug-likeness (QED) is 0.183. The fourth-order valence-corrected chi connectivity index (χ4v) is 2.89. The second kappa shape index (κ2) is 10.7. The van der Waals surface area contributed by atoms with Gasteiger partial charge in [0.25, 0.3) is 0 Å². The summed E-state index contributed by atoms with van der Waals surface area (Å²) in [7, 11) is 0. The Hall–Kier alpha value is -2.77. The van der Waals surface area contributed by atoms with Gasteiger partial charge in [-0.15, -0.1) is 0 Å². The molecule has 0 aromatic rings. The fraction of sp³-hybridized carbons (Fsp3) is 0.688. The Balaban J connectivity index is 2.88. The smallest absolute Gasteiger partial charge is 0.326 e. The number of aliphatic carboxylic acids is 2. The van der Waals surface area contributed by atoms with E-state index in [0.717, 1.165) is 4.90 Å². The molecule has 8 N–H and O–H groups in total. The minimum atomic E-state index is -1.76. The highest BCUT2D eigenvalue weighted by molar-refractivity contribution is 5.95. The third-order valence-corrected chi connectivity index (χ3v) is 4.41. The van der Waals surface area contributed by atoms with Crippen LogP contribution in [0, 0.1) is 0 Å². The molecule has 164 valence electrons. The van der Waals surface area contributed by atoms with Gasteiger partial charge in [-0.3, -0.25) is 19.2 Å². The van der Waals surface area contributed by atoms with Gasteiger partial charge in [0.15, 0.2) is 0 Å². The molecule has 1 aliphatic rings.